The molecule has 0 bridgehead atoms. The molecular weight excluding hydrogens is 240 g/mol. The molecule has 4 heteroatoms. The summed E-state index contributed by atoms with van der Waals surface area (Å²) >= 11 is 0. The first-order chi connectivity index (χ1) is 9.08. The first-order valence-corrected chi connectivity index (χ1v) is 6.72. The van der Waals surface area contributed by atoms with Crippen LogP contribution in [-0.4, -0.2) is 16.7 Å². The molecule has 1 aliphatic rings. The molecule has 1 fully saturated rings. The highest BCUT2D eigenvalue weighted by atomic mass is 16.3. The van der Waals surface area contributed by atoms with Crippen LogP contribution in [0.5, 0.6) is 5.75 Å². The van der Waals surface area contributed by atoms with Crippen molar-refractivity contribution in [2.24, 2.45) is 11.0 Å². The van der Waals surface area contributed by atoms with Crippen LogP contribution >= 0.6 is 0 Å². The minimum atomic E-state index is -0.355. The molecule has 1 aromatic carbocycles. The minimum Gasteiger partial charge on any atom is -0.507 e. The zero-order valence-electron chi connectivity index (χ0n) is 11.4. The van der Waals surface area contributed by atoms with Gasteiger partial charge in [-0.1, -0.05) is 19.1 Å². The molecule has 1 unspecified atom stereocenters. The van der Waals surface area contributed by atoms with E-state index in [1.54, 1.807) is 25.1 Å². The smallest absolute Gasteiger partial charge is 0.275 e. The second-order valence-corrected chi connectivity index (χ2v) is 5.29. The van der Waals surface area contributed by atoms with Crippen molar-refractivity contribution in [1.82, 2.24) is 5.43 Å². The lowest BCUT2D eigenvalue weighted by Crippen LogP contribution is -2.22. The topological polar surface area (TPSA) is 61.7 Å². The third-order valence-corrected chi connectivity index (χ3v) is 3.54. The number of phenolic OH excluding ortho intramolecular Hbond substituents is 1. The van der Waals surface area contributed by atoms with Gasteiger partial charge >= 0.3 is 0 Å². The van der Waals surface area contributed by atoms with Gasteiger partial charge in [-0.2, -0.15) is 5.10 Å². The van der Waals surface area contributed by atoms with Crippen molar-refractivity contribution in [3.8, 4) is 5.75 Å². The second-order valence-electron chi connectivity index (χ2n) is 5.29. The van der Waals surface area contributed by atoms with E-state index in [2.05, 4.69) is 17.5 Å². The van der Waals surface area contributed by atoms with Gasteiger partial charge in [-0.15, -0.1) is 0 Å². The number of aromatic hydroxyl groups is 1. The fourth-order valence-electron chi connectivity index (χ4n) is 2.39. The Kier molecular flexibility index (Phi) is 4.20. The largest absolute Gasteiger partial charge is 0.507 e. The number of amides is 1. The Labute approximate surface area is 113 Å². The van der Waals surface area contributed by atoms with Gasteiger partial charge in [0.1, 0.15) is 5.75 Å². The van der Waals surface area contributed by atoms with Gasteiger partial charge < -0.3 is 5.11 Å². The third kappa shape index (κ3) is 3.34. The number of phenols is 1. The third-order valence-electron chi connectivity index (χ3n) is 3.54. The summed E-state index contributed by atoms with van der Waals surface area (Å²) in [6, 6.07) is 5.11. The van der Waals surface area contributed by atoms with Gasteiger partial charge in [0.2, 0.25) is 0 Å². The van der Waals surface area contributed by atoms with Gasteiger partial charge in [0, 0.05) is 5.71 Å². The molecular formula is C15H20N2O2. The molecule has 2 rings (SSSR count). The number of aryl methyl sites for hydroxylation is 1. The summed E-state index contributed by atoms with van der Waals surface area (Å²) < 4.78 is 0. The van der Waals surface area contributed by atoms with E-state index in [9.17, 15) is 9.90 Å². The summed E-state index contributed by atoms with van der Waals surface area (Å²) in [4.78, 5) is 12.0. The van der Waals surface area contributed by atoms with E-state index in [1.807, 2.05) is 0 Å². The van der Waals surface area contributed by atoms with Crippen LogP contribution in [0.25, 0.3) is 0 Å². The van der Waals surface area contributed by atoms with Crippen LogP contribution in [0, 0.1) is 12.8 Å². The van der Waals surface area contributed by atoms with Crippen molar-refractivity contribution >= 4 is 11.6 Å². The monoisotopic (exact) mass is 260 g/mol. The first-order valence-electron chi connectivity index (χ1n) is 6.72. The molecule has 0 spiro atoms. The number of carbonyl (C=O) groups is 1. The number of nitrogens with zero attached hydrogens (tertiary/aromatic N) is 1. The Morgan fingerprint density at radius 3 is 3.00 bits per heavy atom. The molecule has 0 saturated heterocycles. The van der Waals surface area contributed by atoms with E-state index < -0.39 is 0 Å². The maximum Gasteiger partial charge on any atom is 0.275 e. The lowest BCUT2D eigenvalue weighted by Gasteiger charge is -2.19. The molecule has 4 nitrogen and oxygen atoms in total. The maximum absolute atomic E-state index is 12.0. The molecule has 19 heavy (non-hydrogen) atoms. The normalized spacial score (nSPS) is 21.4. The standard InChI is InChI=1S/C15H20N2O2/c1-10-5-3-7-12(9-10)16-17-15(19)13-8-4-6-11(2)14(13)18/h4,6,8,10,18H,3,5,7,9H2,1-2H3,(H,17,19)/b16-12-. The number of hydrogen-bond acceptors (Lipinski definition) is 3. The molecule has 0 radical (unpaired) electrons. The molecule has 1 amide bonds. The number of hydrogen-bond donors (Lipinski definition) is 2. The minimum absolute atomic E-state index is 0.0252. The van der Waals surface area contributed by atoms with Crippen molar-refractivity contribution in [3.63, 3.8) is 0 Å². The summed E-state index contributed by atoms with van der Waals surface area (Å²) in [6.07, 6.45) is 4.25. The fraction of sp³-hybridized carbons (Fsp3) is 0.467. The van der Waals surface area contributed by atoms with Crippen LogP contribution in [0.4, 0.5) is 0 Å². The number of nitrogens with one attached hydrogen (secondary N) is 1. The summed E-state index contributed by atoms with van der Waals surface area (Å²) in [5.74, 6) is 0.306. The van der Waals surface area contributed by atoms with Crippen LogP contribution in [0.1, 0.15) is 48.5 Å². The highest BCUT2D eigenvalue weighted by Crippen LogP contribution is 2.22. The van der Waals surface area contributed by atoms with E-state index in [-0.39, 0.29) is 17.2 Å². The molecule has 1 saturated carbocycles. The average molecular weight is 260 g/mol. The predicted molar refractivity (Wildman–Crippen MR) is 75.4 cm³/mol. The summed E-state index contributed by atoms with van der Waals surface area (Å²) in [6.45, 7) is 3.96. The molecule has 102 valence electrons. The average Bonchev–Trinajstić information content (AvgIpc) is 2.39. The predicted octanol–water partition coefficient (Wildman–Crippen LogP) is 3.00. The zero-order chi connectivity index (χ0) is 13.8. The zero-order valence-corrected chi connectivity index (χ0v) is 11.4. The number of benzene rings is 1. The first kappa shape index (κ1) is 13.6. The summed E-state index contributed by atoms with van der Waals surface area (Å²) in [5.41, 5.74) is 4.55. The molecule has 1 aliphatic carbocycles. The Morgan fingerprint density at radius 2 is 2.26 bits per heavy atom. The van der Waals surface area contributed by atoms with Crippen LogP contribution < -0.4 is 5.43 Å². The molecule has 1 atom stereocenters. The van der Waals surface area contributed by atoms with Crippen LogP contribution in [-0.2, 0) is 0 Å². The van der Waals surface area contributed by atoms with E-state index in [4.69, 9.17) is 0 Å². The number of para-hydroxylation sites is 1. The molecule has 0 aliphatic heterocycles. The van der Waals surface area contributed by atoms with Gasteiger partial charge in [-0.05, 0) is 50.2 Å². The molecule has 2 N–H and O–H groups in total. The van der Waals surface area contributed by atoms with Crippen molar-refractivity contribution in [2.45, 2.75) is 39.5 Å². The fourth-order valence-corrected chi connectivity index (χ4v) is 2.39. The summed E-state index contributed by atoms with van der Waals surface area (Å²) in [5, 5.41) is 14.0. The lowest BCUT2D eigenvalue weighted by molar-refractivity contribution is 0.0951. The van der Waals surface area contributed by atoms with E-state index in [0.29, 0.717) is 11.5 Å². The van der Waals surface area contributed by atoms with Gasteiger partial charge in [-0.25, -0.2) is 5.43 Å². The summed E-state index contributed by atoms with van der Waals surface area (Å²) in [7, 11) is 0. The van der Waals surface area contributed by atoms with Gasteiger partial charge in [0.05, 0.1) is 5.56 Å². The number of hydrazone groups is 1. The molecule has 1 aromatic rings. The van der Waals surface area contributed by atoms with Gasteiger partial charge in [0.15, 0.2) is 0 Å². The van der Waals surface area contributed by atoms with Gasteiger partial charge in [0.25, 0.3) is 5.91 Å². The van der Waals surface area contributed by atoms with Crippen LogP contribution in [0.2, 0.25) is 0 Å². The van der Waals surface area contributed by atoms with Crippen LogP contribution in [0.3, 0.4) is 0 Å². The van der Waals surface area contributed by atoms with Crippen molar-refractivity contribution in [3.05, 3.63) is 29.3 Å². The Balaban J connectivity index is 2.05. The second kappa shape index (κ2) is 5.87. The Bertz CT molecular complexity index is 509. The lowest BCUT2D eigenvalue weighted by atomic mass is 9.89. The van der Waals surface area contributed by atoms with Crippen molar-refractivity contribution < 1.29 is 9.90 Å². The van der Waals surface area contributed by atoms with Gasteiger partial charge in [-0.3, -0.25) is 4.79 Å². The highest BCUT2D eigenvalue weighted by molar-refractivity contribution is 5.98. The SMILES string of the molecule is Cc1cccc(C(=O)N/N=C2/CCCC(C)C2)c1O. The highest BCUT2D eigenvalue weighted by Gasteiger charge is 2.15. The van der Waals surface area contributed by atoms with E-state index >= 15 is 0 Å². The van der Waals surface area contributed by atoms with Crippen molar-refractivity contribution in [1.29, 1.82) is 0 Å². The van der Waals surface area contributed by atoms with E-state index in [1.165, 1.54) is 6.42 Å². The Morgan fingerprint density at radius 1 is 1.47 bits per heavy atom. The quantitative estimate of drug-likeness (QED) is 0.803. The van der Waals surface area contributed by atoms with Crippen molar-refractivity contribution in [2.75, 3.05) is 0 Å². The molecule has 0 aromatic heterocycles. The maximum atomic E-state index is 12.0. The van der Waals surface area contributed by atoms with Crippen LogP contribution in [0.15, 0.2) is 23.3 Å². The number of rotatable bonds is 2. The van der Waals surface area contributed by atoms with E-state index in [0.717, 1.165) is 25.0 Å². The Hall–Kier alpha value is -1.84. The number of carbonyl (C=O) groups excluding carboxylic acids is 1. The molecule has 0 heterocycles.